The topological polar surface area (TPSA) is 156 Å². The summed E-state index contributed by atoms with van der Waals surface area (Å²) < 4.78 is 31.0. The summed E-state index contributed by atoms with van der Waals surface area (Å²) >= 11 is 0. The largest absolute Gasteiger partial charge is 0.497 e. The molecule has 0 bridgehead atoms. The third-order valence-electron chi connectivity index (χ3n) is 12.4. The Hall–Kier alpha value is -7.25. The Bertz CT molecular complexity index is 2740. The standard InChI is InChI=1S/C52H49N5O7/c1-60-39-23-15-35(16-24-39)51(33-11-7-5-8-12-33,36-17-25-40(61-2)26-18-36)49-55-46(53)45-47(56-49)57(48-44(59)31-43(32-58)64-48)50(54-45)52(34-13-9-6-10-14-34,37-19-27-41(62-3)28-20-37)38-21-29-42(63-4)30-22-38/h5-30,43-44,48,58-59H,31-32H2,1-4H3,(H2,53,55,56)/t43-,44-,48+/m0/s1. The second kappa shape index (κ2) is 17.5. The molecule has 64 heavy (non-hydrogen) atoms. The highest BCUT2D eigenvalue weighted by Crippen LogP contribution is 2.50. The fourth-order valence-electron chi connectivity index (χ4n) is 9.26. The van der Waals surface area contributed by atoms with Crippen molar-refractivity contribution in [1.82, 2.24) is 19.5 Å². The number of methoxy groups -OCH3 is 4. The van der Waals surface area contributed by atoms with Crippen molar-refractivity contribution < 1.29 is 33.9 Å². The third kappa shape index (κ3) is 6.96. The maximum absolute atomic E-state index is 12.1. The predicted octanol–water partition coefficient (Wildman–Crippen LogP) is 7.85. The first-order valence-corrected chi connectivity index (χ1v) is 21.0. The van der Waals surface area contributed by atoms with Crippen LogP contribution in [0, 0.1) is 0 Å². The summed E-state index contributed by atoms with van der Waals surface area (Å²) in [6, 6.07) is 51.4. The van der Waals surface area contributed by atoms with E-state index in [4.69, 9.17) is 44.4 Å². The van der Waals surface area contributed by atoms with Gasteiger partial charge in [0.15, 0.2) is 29.0 Å². The highest BCUT2D eigenvalue weighted by Gasteiger charge is 2.49. The van der Waals surface area contributed by atoms with Gasteiger partial charge in [-0.1, -0.05) is 109 Å². The van der Waals surface area contributed by atoms with Gasteiger partial charge in [-0.15, -0.1) is 0 Å². The summed E-state index contributed by atoms with van der Waals surface area (Å²) in [4.78, 5) is 16.3. The average Bonchev–Trinajstić information content (AvgIpc) is 3.93. The number of ether oxygens (including phenoxy) is 5. The van der Waals surface area contributed by atoms with E-state index in [1.165, 1.54) is 0 Å². The first-order chi connectivity index (χ1) is 31.3. The number of aliphatic hydroxyl groups excluding tert-OH is 2. The number of imidazole rings is 1. The molecule has 0 amide bonds. The molecule has 1 saturated heterocycles. The molecule has 9 rings (SSSR count). The molecule has 8 aromatic rings. The van der Waals surface area contributed by atoms with Gasteiger partial charge in [-0.3, -0.25) is 4.57 Å². The van der Waals surface area contributed by atoms with Gasteiger partial charge in [0.1, 0.15) is 45.8 Å². The summed E-state index contributed by atoms with van der Waals surface area (Å²) in [5.74, 6) is 3.60. The number of rotatable bonds is 14. The minimum Gasteiger partial charge on any atom is -0.497 e. The van der Waals surface area contributed by atoms with Crippen molar-refractivity contribution in [2.24, 2.45) is 0 Å². The summed E-state index contributed by atoms with van der Waals surface area (Å²) in [5, 5.41) is 22.5. The van der Waals surface area contributed by atoms with Gasteiger partial charge < -0.3 is 39.6 Å². The third-order valence-corrected chi connectivity index (χ3v) is 12.4. The van der Waals surface area contributed by atoms with E-state index < -0.39 is 29.3 Å². The first-order valence-electron chi connectivity index (χ1n) is 21.0. The van der Waals surface area contributed by atoms with Crippen LogP contribution in [0.3, 0.4) is 0 Å². The van der Waals surface area contributed by atoms with Crippen LogP contribution in [0.2, 0.25) is 0 Å². The van der Waals surface area contributed by atoms with Crippen LogP contribution in [-0.4, -0.2) is 77.0 Å². The number of nitrogen functional groups attached to an aromatic ring is 1. The SMILES string of the molecule is COc1ccc(C(c2ccccc2)(c2ccc(OC)cc2)c2nc(N)c3nc(C(c4ccccc4)(c4ccc(OC)cc4)c4ccc(OC)cc4)n([C@@H]4O[C@H](CO)C[C@@H]4O)c3n2)cc1. The molecule has 1 fully saturated rings. The molecular weight excluding hydrogens is 807 g/mol. The van der Waals surface area contributed by atoms with E-state index in [9.17, 15) is 10.2 Å². The molecule has 0 radical (unpaired) electrons. The van der Waals surface area contributed by atoms with Crippen molar-refractivity contribution in [2.75, 3.05) is 40.8 Å². The highest BCUT2D eigenvalue weighted by molar-refractivity contribution is 5.84. The van der Waals surface area contributed by atoms with Crippen LogP contribution >= 0.6 is 0 Å². The zero-order valence-corrected chi connectivity index (χ0v) is 36.0. The zero-order chi connectivity index (χ0) is 44.4. The molecule has 1 aliphatic heterocycles. The molecule has 3 atom stereocenters. The molecule has 3 heterocycles. The van der Waals surface area contributed by atoms with Crippen LogP contribution in [0.1, 0.15) is 57.7 Å². The van der Waals surface area contributed by atoms with E-state index in [0.717, 1.165) is 33.4 Å². The lowest BCUT2D eigenvalue weighted by Gasteiger charge is -2.37. The van der Waals surface area contributed by atoms with Crippen molar-refractivity contribution in [3.05, 3.63) is 203 Å². The van der Waals surface area contributed by atoms with E-state index in [-0.39, 0.29) is 18.8 Å². The second-order valence-corrected chi connectivity index (χ2v) is 15.7. The van der Waals surface area contributed by atoms with E-state index in [1.54, 1.807) is 28.4 Å². The molecule has 4 N–H and O–H groups in total. The van der Waals surface area contributed by atoms with Crippen LogP contribution in [0.5, 0.6) is 23.0 Å². The molecular formula is C52H49N5O7. The quantitative estimate of drug-likeness (QED) is 0.0916. The van der Waals surface area contributed by atoms with E-state index >= 15 is 0 Å². The van der Waals surface area contributed by atoms with Gasteiger partial charge in [-0.05, 0) is 81.9 Å². The van der Waals surface area contributed by atoms with Crippen LogP contribution in [-0.2, 0) is 15.6 Å². The molecule has 0 saturated carbocycles. The monoisotopic (exact) mass is 855 g/mol. The number of aromatic nitrogens is 4. The van der Waals surface area contributed by atoms with Crippen LogP contribution < -0.4 is 24.7 Å². The minimum absolute atomic E-state index is 0.111. The minimum atomic E-state index is -1.21. The Morgan fingerprint density at radius 3 is 1.34 bits per heavy atom. The highest BCUT2D eigenvalue weighted by atomic mass is 16.5. The van der Waals surface area contributed by atoms with Crippen molar-refractivity contribution in [1.29, 1.82) is 0 Å². The number of hydrogen-bond acceptors (Lipinski definition) is 11. The van der Waals surface area contributed by atoms with Crippen molar-refractivity contribution in [3.8, 4) is 23.0 Å². The number of aliphatic hydroxyl groups is 2. The number of nitrogens with two attached hydrogens (primary N) is 1. The lowest BCUT2D eigenvalue weighted by Crippen LogP contribution is -2.37. The molecule has 12 nitrogen and oxygen atoms in total. The smallest absolute Gasteiger partial charge is 0.168 e. The zero-order valence-electron chi connectivity index (χ0n) is 36.0. The number of hydrogen-bond donors (Lipinski definition) is 3. The number of nitrogens with zero attached hydrogens (tertiary/aromatic N) is 4. The maximum atomic E-state index is 12.1. The Kier molecular flexibility index (Phi) is 11.5. The second-order valence-electron chi connectivity index (χ2n) is 15.7. The Morgan fingerprint density at radius 1 is 0.562 bits per heavy atom. The van der Waals surface area contributed by atoms with Crippen molar-refractivity contribution >= 4 is 17.0 Å². The van der Waals surface area contributed by atoms with Gasteiger partial charge >= 0.3 is 0 Å². The van der Waals surface area contributed by atoms with Gasteiger partial charge in [-0.25, -0.2) is 15.0 Å². The summed E-state index contributed by atoms with van der Waals surface area (Å²) in [6.07, 6.45) is -2.63. The van der Waals surface area contributed by atoms with E-state index in [2.05, 4.69) is 12.1 Å². The molecule has 0 unspecified atom stereocenters. The van der Waals surface area contributed by atoms with Gasteiger partial charge in [0, 0.05) is 6.42 Å². The predicted molar refractivity (Wildman–Crippen MR) is 244 cm³/mol. The molecule has 1 aliphatic rings. The van der Waals surface area contributed by atoms with Gasteiger partial charge in [0.25, 0.3) is 0 Å². The lowest BCUT2D eigenvalue weighted by atomic mass is 9.68. The Balaban J connectivity index is 1.45. The number of fused-ring (bicyclic) bond motifs is 1. The average molecular weight is 856 g/mol. The molecule has 0 spiro atoms. The summed E-state index contributed by atoms with van der Waals surface area (Å²) in [5.41, 5.74) is 10.5. The van der Waals surface area contributed by atoms with Gasteiger partial charge in [0.05, 0.1) is 41.2 Å². The van der Waals surface area contributed by atoms with Crippen LogP contribution in [0.15, 0.2) is 158 Å². The van der Waals surface area contributed by atoms with Gasteiger partial charge in [0.2, 0.25) is 0 Å². The number of benzene rings is 6. The van der Waals surface area contributed by atoms with Crippen molar-refractivity contribution in [3.63, 3.8) is 0 Å². The molecule has 0 aliphatic carbocycles. The molecule has 6 aromatic carbocycles. The lowest BCUT2D eigenvalue weighted by molar-refractivity contribution is -0.0505. The van der Waals surface area contributed by atoms with E-state index in [1.807, 2.05) is 150 Å². The fourth-order valence-corrected chi connectivity index (χ4v) is 9.26. The van der Waals surface area contributed by atoms with Crippen LogP contribution in [0.25, 0.3) is 11.2 Å². The number of anilines is 1. The van der Waals surface area contributed by atoms with E-state index in [0.29, 0.717) is 45.8 Å². The first kappa shape index (κ1) is 42.1. The van der Waals surface area contributed by atoms with Gasteiger partial charge in [-0.2, -0.15) is 0 Å². The summed E-state index contributed by atoms with van der Waals surface area (Å²) in [7, 11) is 6.53. The Labute approximate surface area is 371 Å². The molecule has 12 heteroatoms. The van der Waals surface area contributed by atoms with Crippen molar-refractivity contribution in [2.45, 2.75) is 35.7 Å². The fraction of sp³-hybridized carbons (Fsp3) is 0.212. The molecule has 2 aromatic heterocycles. The summed E-state index contributed by atoms with van der Waals surface area (Å²) in [6.45, 7) is -0.301. The van der Waals surface area contributed by atoms with Crippen LogP contribution in [0.4, 0.5) is 5.82 Å². The Morgan fingerprint density at radius 2 is 0.953 bits per heavy atom. The molecule has 324 valence electrons. The normalized spacial score (nSPS) is 16.4. The maximum Gasteiger partial charge on any atom is 0.168 e.